The van der Waals surface area contributed by atoms with E-state index in [1.54, 1.807) is 13.0 Å². The van der Waals surface area contributed by atoms with Gasteiger partial charge in [0.15, 0.2) is 5.78 Å². The lowest BCUT2D eigenvalue weighted by Crippen LogP contribution is -2.03. The molecule has 0 fully saturated rings. The fraction of sp³-hybridized carbons (Fsp3) is 0.0625. The number of aryl methyl sites for hydroxylation is 1. The van der Waals surface area contributed by atoms with Crippen molar-refractivity contribution in [1.29, 1.82) is 0 Å². The van der Waals surface area contributed by atoms with Crippen LogP contribution in [0, 0.1) is 12.7 Å². The van der Waals surface area contributed by atoms with Crippen LogP contribution in [0.15, 0.2) is 46.3 Å². The Morgan fingerprint density at radius 2 is 2.00 bits per heavy atom. The summed E-state index contributed by atoms with van der Waals surface area (Å²) < 4.78 is 15.2. The number of rotatable bonds is 2. The Bertz CT molecular complexity index is 822. The Morgan fingerprint density at radius 1 is 1.20 bits per heavy atom. The molecule has 0 radical (unpaired) electrons. The van der Waals surface area contributed by atoms with Crippen molar-refractivity contribution in [2.24, 2.45) is 0 Å². The Hall–Kier alpha value is -1.52. The van der Waals surface area contributed by atoms with Gasteiger partial charge in [0.05, 0.1) is 0 Å². The van der Waals surface area contributed by atoms with E-state index >= 15 is 0 Å². The zero-order valence-corrected chi connectivity index (χ0v) is 13.0. The maximum atomic E-state index is 13.1. The standard InChI is InChI=1S/C16H10BrFOS/c1-9-7-10(18)5-6-11(9)15(19)13-8-20-16-12(13)3-2-4-14(16)17/h2-8H,1H3. The van der Waals surface area contributed by atoms with Gasteiger partial charge < -0.3 is 0 Å². The van der Waals surface area contributed by atoms with Gasteiger partial charge in [0, 0.05) is 31.1 Å². The van der Waals surface area contributed by atoms with Gasteiger partial charge in [-0.15, -0.1) is 11.3 Å². The van der Waals surface area contributed by atoms with Crippen molar-refractivity contribution < 1.29 is 9.18 Å². The first-order valence-corrected chi connectivity index (χ1v) is 7.72. The number of thiophene rings is 1. The van der Waals surface area contributed by atoms with Crippen LogP contribution in [0.2, 0.25) is 0 Å². The van der Waals surface area contributed by atoms with E-state index in [1.807, 2.05) is 23.6 Å². The molecule has 0 saturated carbocycles. The highest BCUT2D eigenvalue weighted by molar-refractivity contribution is 9.10. The molecule has 0 spiro atoms. The number of fused-ring (bicyclic) bond motifs is 1. The highest BCUT2D eigenvalue weighted by Crippen LogP contribution is 2.33. The molecule has 1 nitrogen and oxygen atoms in total. The van der Waals surface area contributed by atoms with E-state index in [-0.39, 0.29) is 11.6 Å². The molecule has 20 heavy (non-hydrogen) atoms. The molecule has 100 valence electrons. The van der Waals surface area contributed by atoms with Crippen molar-refractivity contribution in [3.05, 3.63) is 68.8 Å². The lowest BCUT2D eigenvalue weighted by atomic mass is 9.99. The number of hydrogen-bond donors (Lipinski definition) is 0. The summed E-state index contributed by atoms with van der Waals surface area (Å²) in [6.07, 6.45) is 0. The van der Waals surface area contributed by atoms with Crippen LogP contribution < -0.4 is 0 Å². The molecular formula is C16H10BrFOS. The predicted octanol–water partition coefficient (Wildman–Crippen LogP) is 5.34. The molecule has 3 aromatic rings. The number of carbonyl (C=O) groups excluding carboxylic acids is 1. The van der Waals surface area contributed by atoms with Crippen LogP contribution in [0.25, 0.3) is 10.1 Å². The SMILES string of the molecule is Cc1cc(F)ccc1C(=O)c1csc2c(Br)cccc12. The van der Waals surface area contributed by atoms with Gasteiger partial charge in [-0.25, -0.2) is 4.39 Å². The van der Waals surface area contributed by atoms with Gasteiger partial charge in [0.25, 0.3) is 0 Å². The third kappa shape index (κ3) is 2.19. The summed E-state index contributed by atoms with van der Waals surface area (Å²) in [6, 6.07) is 10.1. The molecule has 0 amide bonds. The molecular weight excluding hydrogens is 339 g/mol. The lowest BCUT2D eigenvalue weighted by molar-refractivity contribution is 0.104. The quantitative estimate of drug-likeness (QED) is 0.571. The summed E-state index contributed by atoms with van der Waals surface area (Å²) >= 11 is 5.02. The van der Waals surface area contributed by atoms with Crippen molar-refractivity contribution in [3.63, 3.8) is 0 Å². The Kier molecular flexibility index (Phi) is 3.44. The van der Waals surface area contributed by atoms with Gasteiger partial charge in [-0.2, -0.15) is 0 Å². The van der Waals surface area contributed by atoms with Crippen LogP contribution in [0.1, 0.15) is 21.5 Å². The summed E-state index contributed by atoms with van der Waals surface area (Å²) in [5.74, 6) is -0.385. The summed E-state index contributed by atoms with van der Waals surface area (Å²) in [5.41, 5.74) is 1.87. The Labute approximate surface area is 128 Å². The molecule has 1 heterocycles. The average Bonchev–Trinajstić information content (AvgIpc) is 2.83. The summed E-state index contributed by atoms with van der Waals surface area (Å²) in [7, 11) is 0. The van der Waals surface area contributed by atoms with Crippen LogP contribution in [0.4, 0.5) is 4.39 Å². The van der Waals surface area contributed by atoms with Gasteiger partial charge in [-0.3, -0.25) is 4.79 Å². The minimum Gasteiger partial charge on any atom is -0.289 e. The molecule has 0 saturated heterocycles. The molecule has 2 aromatic carbocycles. The first-order valence-electron chi connectivity index (χ1n) is 6.04. The Morgan fingerprint density at radius 3 is 2.75 bits per heavy atom. The summed E-state index contributed by atoms with van der Waals surface area (Å²) in [5, 5.41) is 2.79. The zero-order chi connectivity index (χ0) is 14.3. The summed E-state index contributed by atoms with van der Waals surface area (Å²) in [4.78, 5) is 12.6. The second-order valence-electron chi connectivity index (χ2n) is 4.55. The van der Waals surface area contributed by atoms with Crippen LogP contribution in [0.5, 0.6) is 0 Å². The largest absolute Gasteiger partial charge is 0.289 e. The van der Waals surface area contributed by atoms with E-state index in [0.717, 1.165) is 14.6 Å². The molecule has 1 aromatic heterocycles. The lowest BCUT2D eigenvalue weighted by Gasteiger charge is -2.04. The van der Waals surface area contributed by atoms with E-state index in [9.17, 15) is 9.18 Å². The van der Waals surface area contributed by atoms with E-state index in [2.05, 4.69) is 15.9 Å². The minimum atomic E-state index is -0.322. The van der Waals surface area contributed by atoms with Crippen molar-refractivity contribution in [1.82, 2.24) is 0 Å². The van der Waals surface area contributed by atoms with Gasteiger partial charge in [-0.05, 0) is 52.7 Å². The molecule has 0 unspecified atom stereocenters. The zero-order valence-electron chi connectivity index (χ0n) is 10.6. The number of benzene rings is 2. The van der Waals surface area contributed by atoms with Gasteiger partial charge in [0.2, 0.25) is 0 Å². The maximum Gasteiger partial charge on any atom is 0.194 e. The summed E-state index contributed by atoms with van der Waals surface area (Å²) in [6.45, 7) is 1.75. The molecule has 0 aliphatic heterocycles. The molecule has 0 aliphatic carbocycles. The topological polar surface area (TPSA) is 17.1 Å². The van der Waals surface area contributed by atoms with E-state index in [4.69, 9.17) is 0 Å². The number of hydrogen-bond acceptors (Lipinski definition) is 2. The van der Waals surface area contributed by atoms with Crippen LogP contribution in [-0.4, -0.2) is 5.78 Å². The maximum absolute atomic E-state index is 13.1. The third-order valence-electron chi connectivity index (χ3n) is 3.23. The van der Waals surface area contributed by atoms with Crippen LogP contribution >= 0.6 is 27.3 Å². The van der Waals surface area contributed by atoms with Gasteiger partial charge in [-0.1, -0.05) is 12.1 Å². The van der Waals surface area contributed by atoms with Crippen LogP contribution in [-0.2, 0) is 0 Å². The molecule has 3 rings (SSSR count). The fourth-order valence-corrected chi connectivity index (χ4v) is 3.83. The van der Waals surface area contributed by atoms with Gasteiger partial charge in [0.1, 0.15) is 5.82 Å². The molecule has 0 atom stereocenters. The van der Waals surface area contributed by atoms with E-state index in [1.165, 1.54) is 23.5 Å². The normalized spacial score (nSPS) is 10.9. The first-order chi connectivity index (χ1) is 9.58. The van der Waals surface area contributed by atoms with Crippen molar-refractivity contribution in [3.8, 4) is 0 Å². The predicted molar refractivity (Wildman–Crippen MR) is 84.1 cm³/mol. The second kappa shape index (κ2) is 5.11. The average molecular weight is 349 g/mol. The first kappa shape index (κ1) is 13.5. The number of ketones is 1. The molecule has 0 N–H and O–H groups in total. The van der Waals surface area contributed by atoms with Crippen LogP contribution in [0.3, 0.4) is 0 Å². The second-order valence-corrected chi connectivity index (χ2v) is 6.29. The monoisotopic (exact) mass is 348 g/mol. The van der Waals surface area contributed by atoms with Gasteiger partial charge >= 0.3 is 0 Å². The Balaban J connectivity index is 2.16. The molecule has 0 aliphatic rings. The van der Waals surface area contributed by atoms with E-state index < -0.39 is 0 Å². The number of halogens is 2. The molecule has 4 heteroatoms. The minimum absolute atomic E-state index is 0.0631. The van der Waals surface area contributed by atoms with Crippen molar-refractivity contribution in [2.45, 2.75) is 6.92 Å². The highest BCUT2D eigenvalue weighted by Gasteiger charge is 2.17. The van der Waals surface area contributed by atoms with Crippen molar-refractivity contribution >= 4 is 43.1 Å². The smallest absolute Gasteiger partial charge is 0.194 e. The van der Waals surface area contributed by atoms with E-state index in [0.29, 0.717) is 16.7 Å². The third-order valence-corrected chi connectivity index (χ3v) is 5.18. The van der Waals surface area contributed by atoms with Crippen molar-refractivity contribution in [2.75, 3.05) is 0 Å². The highest BCUT2D eigenvalue weighted by atomic mass is 79.9. The molecule has 0 bridgehead atoms. The fourth-order valence-electron chi connectivity index (χ4n) is 2.22. The number of carbonyl (C=O) groups is 1.